The van der Waals surface area contributed by atoms with Crippen LogP contribution in [0.5, 0.6) is 0 Å². The van der Waals surface area contributed by atoms with E-state index in [9.17, 15) is 18.0 Å². The monoisotopic (exact) mass is 342 g/mol. The summed E-state index contributed by atoms with van der Waals surface area (Å²) in [7, 11) is 0. The highest BCUT2D eigenvalue weighted by Gasteiger charge is 2.30. The predicted octanol–water partition coefficient (Wildman–Crippen LogP) is 3.82. The number of aliphatic hydroxyl groups is 1. The van der Waals surface area contributed by atoms with Crippen LogP contribution in [0.2, 0.25) is 0 Å². The van der Waals surface area contributed by atoms with Crippen molar-refractivity contribution in [3.05, 3.63) is 29.3 Å². The number of aliphatic hydroxyl groups excluding tert-OH is 1. The fourth-order valence-electron chi connectivity index (χ4n) is 1.37. The lowest BCUT2D eigenvalue weighted by Gasteiger charge is -2.14. The van der Waals surface area contributed by atoms with Crippen LogP contribution in [0.1, 0.15) is 22.9 Å². The number of hydrogen-bond donors (Lipinski definition) is 1. The van der Waals surface area contributed by atoms with Crippen LogP contribution in [0, 0.1) is 0 Å². The molecule has 0 aliphatic carbocycles. The Morgan fingerprint density at radius 1 is 1.50 bits per heavy atom. The van der Waals surface area contributed by atoms with E-state index >= 15 is 0 Å². The summed E-state index contributed by atoms with van der Waals surface area (Å²) in [5.41, 5.74) is -3.59. The van der Waals surface area contributed by atoms with Crippen LogP contribution < -0.4 is 0 Å². The van der Waals surface area contributed by atoms with Crippen LogP contribution in [-0.4, -0.2) is 16.4 Å². The molecule has 0 bridgehead atoms. The lowest BCUT2D eigenvalue weighted by atomic mass is 10.0. The first-order valence-electron chi connectivity index (χ1n) is 4.88. The van der Waals surface area contributed by atoms with Gasteiger partial charge in [0.2, 0.25) is 0 Å². The van der Waals surface area contributed by atoms with Gasteiger partial charge >= 0.3 is 5.51 Å². The minimum absolute atomic E-state index is 0.0135. The van der Waals surface area contributed by atoms with Crippen molar-refractivity contribution in [3.8, 4) is 0 Å². The van der Waals surface area contributed by atoms with E-state index in [0.717, 1.165) is 0 Å². The van der Waals surface area contributed by atoms with Crippen molar-refractivity contribution in [3.63, 3.8) is 0 Å². The van der Waals surface area contributed by atoms with Crippen molar-refractivity contribution in [1.29, 1.82) is 0 Å². The van der Waals surface area contributed by atoms with Gasteiger partial charge in [0.15, 0.2) is 0 Å². The Morgan fingerprint density at radius 2 is 2.11 bits per heavy atom. The molecule has 1 atom stereocenters. The second-order valence-corrected chi connectivity index (χ2v) is 5.59. The molecular weight excluding hydrogens is 333 g/mol. The molecule has 0 aromatic heterocycles. The number of rotatable bonds is 4. The standard InChI is InChI=1S/C11H10BrF3O2S/c1-6(17)10(12)9-4-8(18-11(13,14)15)3-2-7(9)5-16/h2-4,10,16H,5H2,1H3. The Bertz CT molecular complexity index is 448. The van der Waals surface area contributed by atoms with Crippen molar-refractivity contribution in [2.75, 3.05) is 0 Å². The molecule has 18 heavy (non-hydrogen) atoms. The van der Waals surface area contributed by atoms with Crippen LogP contribution >= 0.6 is 27.7 Å². The number of halogens is 4. The molecule has 0 amide bonds. The number of alkyl halides is 4. The molecule has 100 valence electrons. The van der Waals surface area contributed by atoms with Gasteiger partial charge in [-0.1, -0.05) is 22.0 Å². The van der Waals surface area contributed by atoms with E-state index in [2.05, 4.69) is 15.9 Å². The summed E-state index contributed by atoms with van der Waals surface area (Å²) in [5, 5.41) is 9.11. The van der Waals surface area contributed by atoms with E-state index in [1.165, 1.54) is 25.1 Å². The number of carbonyl (C=O) groups excluding carboxylic acids is 1. The predicted molar refractivity (Wildman–Crippen MR) is 66.6 cm³/mol. The number of hydrogen-bond acceptors (Lipinski definition) is 3. The molecule has 2 nitrogen and oxygen atoms in total. The summed E-state index contributed by atoms with van der Waals surface area (Å²) in [6.07, 6.45) is 0. The van der Waals surface area contributed by atoms with Crippen molar-refractivity contribution in [1.82, 2.24) is 0 Å². The molecule has 1 aromatic carbocycles. The summed E-state index contributed by atoms with van der Waals surface area (Å²) in [6.45, 7) is 0.992. The third-order valence-corrected chi connectivity index (χ3v) is 4.01. The van der Waals surface area contributed by atoms with Crippen molar-refractivity contribution in [2.45, 2.75) is 28.8 Å². The van der Waals surface area contributed by atoms with E-state index in [1.54, 1.807) is 0 Å². The zero-order chi connectivity index (χ0) is 13.9. The topological polar surface area (TPSA) is 37.3 Å². The molecule has 1 N–H and O–H groups in total. The molecule has 0 radical (unpaired) electrons. The second kappa shape index (κ2) is 6.08. The fourth-order valence-corrected chi connectivity index (χ4v) is 2.38. The van der Waals surface area contributed by atoms with Gasteiger partial charge in [-0.2, -0.15) is 13.2 Å². The quantitative estimate of drug-likeness (QED) is 0.667. The van der Waals surface area contributed by atoms with Gasteiger partial charge in [0.25, 0.3) is 0 Å². The SMILES string of the molecule is CC(=O)C(Br)c1cc(SC(F)(F)F)ccc1CO. The van der Waals surface area contributed by atoms with Crippen molar-refractivity contribution >= 4 is 33.5 Å². The van der Waals surface area contributed by atoms with Crippen LogP contribution in [0.15, 0.2) is 23.1 Å². The molecule has 1 unspecified atom stereocenters. The van der Waals surface area contributed by atoms with Gasteiger partial charge in [-0.05, 0) is 41.9 Å². The van der Waals surface area contributed by atoms with Gasteiger partial charge in [0, 0.05) is 4.90 Å². The van der Waals surface area contributed by atoms with Crippen molar-refractivity contribution in [2.24, 2.45) is 0 Å². The Labute approximate surface area is 115 Å². The van der Waals surface area contributed by atoms with E-state index in [0.29, 0.717) is 11.1 Å². The highest BCUT2D eigenvalue weighted by molar-refractivity contribution is 9.09. The smallest absolute Gasteiger partial charge is 0.392 e. The third-order valence-electron chi connectivity index (χ3n) is 2.15. The van der Waals surface area contributed by atoms with Gasteiger partial charge in [0.05, 0.1) is 11.4 Å². The molecule has 0 fully saturated rings. The van der Waals surface area contributed by atoms with Crippen LogP contribution in [0.25, 0.3) is 0 Å². The molecule has 0 spiro atoms. The molecular formula is C11H10BrF3O2S. The van der Waals surface area contributed by atoms with E-state index < -0.39 is 10.3 Å². The summed E-state index contributed by atoms with van der Waals surface area (Å²) in [4.78, 5) is 10.5. The molecule has 7 heteroatoms. The molecule has 0 aliphatic rings. The molecule has 1 rings (SSSR count). The van der Waals surface area contributed by atoms with E-state index in [1.807, 2.05) is 0 Å². The highest BCUT2D eigenvalue weighted by atomic mass is 79.9. The minimum Gasteiger partial charge on any atom is -0.392 e. The first-order chi connectivity index (χ1) is 8.24. The Morgan fingerprint density at radius 3 is 2.56 bits per heavy atom. The Kier molecular flexibility index (Phi) is 5.24. The maximum absolute atomic E-state index is 12.3. The summed E-state index contributed by atoms with van der Waals surface area (Å²) in [6, 6.07) is 3.93. The van der Waals surface area contributed by atoms with Gasteiger partial charge in [-0.15, -0.1) is 0 Å². The summed E-state index contributed by atoms with van der Waals surface area (Å²) < 4.78 is 36.8. The van der Waals surface area contributed by atoms with E-state index in [4.69, 9.17) is 5.11 Å². The van der Waals surface area contributed by atoms with Gasteiger partial charge in [-0.3, -0.25) is 4.79 Å². The maximum atomic E-state index is 12.3. The number of ketones is 1. The van der Waals surface area contributed by atoms with Crippen LogP contribution in [-0.2, 0) is 11.4 Å². The molecule has 0 saturated heterocycles. The third kappa shape index (κ3) is 4.29. The number of thioether (sulfide) groups is 1. The van der Waals surface area contributed by atoms with Gasteiger partial charge in [0.1, 0.15) is 5.78 Å². The second-order valence-electron chi connectivity index (χ2n) is 3.54. The van der Waals surface area contributed by atoms with E-state index in [-0.39, 0.29) is 29.0 Å². The molecule has 1 aromatic rings. The lowest BCUT2D eigenvalue weighted by Crippen LogP contribution is -2.06. The normalized spacial score (nSPS) is 13.4. The minimum atomic E-state index is -4.38. The maximum Gasteiger partial charge on any atom is 0.446 e. The Balaban J connectivity index is 3.13. The largest absolute Gasteiger partial charge is 0.446 e. The first kappa shape index (κ1) is 15.5. The average Bonchev–Trinajstić information content (AvgIpc) is 2.25. The molecule has 0 saturated carbocycles. The van der Waals surface area contributed by atoms with Crippen LogP contribution in [0.3, 0.4) is 0 Å². The molecule has 0 aliphatic heterocycles. The fraction of sp³-hybridized carbons (Fsp3) is 0.364. The van der Waals surface area contributed by atoms with Crippen molar-refractivity contribution < 1.29 is 23.1 Å². The van der Waals surface area contributed by atoms with Crippen LogP contribution in [0.4, 0.5) is 13.2 Å². The Hall–Kier alpha value is -0.530. The number of Topliss-reactive ketones (excluding diaryl/α,β-unsaturated/α-hetero) is 1. The number of carbonyl (C=O) groups is 1. The zero-order valence-electron chi connectivity index (χ0n) is 9.29. The summed E-state index contributed by atoms with van der Waals surface area (Å²) in [5.74, 6) is -0.237. The average molecular weight is 343 g/mol. The first-order valence-corrected chi connectivity index (χ1v) is 6.61. The number of benzene rings is 1. The zero-order valence-corrected chi connectivity index (χ0v) is 11.7. The summed E-state index contributed by atoms with van der Waals surface area (Å²) >= 11 is 2.85. The lowest BCUT2D eigenvalue weighted by molar-refractivity contribution is -0.116. The van der Waals surface area contributed by atoms with Gasteiger partial charge in [-0.25, -0.2) is 0 Å². The van der Waals surface area contributed by atoms with Gasteiger partial charge < -0.3 is 5.11 Å². The molecule has 0 heterocycles. The highest BCUT2D eigenvalue weighted by Crippen LogP contribution is 2.39.